The number of oxime groups is 1. The molecule has 1 aliphatic rings. The van der Waals surface area contributed by atoms with Crippen LogP contribution in [0.25, 0.3) is 0 Å². The van der Waals surface area contributed by atoms with Crippen molar-refractivity contribution in [3.63, 3.8) is 0 Å². The summed E-state index contributed by atoms with van der Waals surface area (Å²) in [7, 11) is 0. The van der Waals surface area contributed by atoms with Crippen LogP contribution in [0.15, 0.2) is 5.16 Å². The Labute approximate surface area is 79.1 Å². The molecule has 1 aliphatic heterocycles. The summed E-state index contributed by atoms with van der Waals surface area (Å²) in [6.45, 7) is 2.19. The van der Waals surface area contributed by atoms with Crippen LogP contribution in [0.5, 0.6) is 0 Å². The SMILES string of the molecule is CCCCCCC1CC(C=O)=NO1. The van der Waals surface area contributed by atoms with Gasteiger partial charge in [0, 0.05) is 6.42 Å². The van der Waals surface area contributed by atoms with E-state index in [-0.39, 0.29) is 6.10 Å². The quantitative estimate of drug-likeness (QED) is 0.468. The molecular weight excluding hydrogens is 166 g/mol. The molecule has 0 bridgehead atoms. The van der Waals surface area contributed by atoms with E-state index in [2.05, 4.69) is 12.1 Å². The van der Waals surface area contributed by atoms with Gasteiger partial charge in [-0.15, -0.1) is 0 Å². The molecule has 0 aliphatic carbocycles. The summed E-state index contributed by atoms with van der Waals surface area (Å²) in [4.78, 5) is 15.4. The zero-order chi connectivity index (χ0) is 9.52. The molecule has 0 aromatic heterocycles. The predicted molar refractivity (Wildman–Crippen MR) is 51.7 cm³/mol. The Morgan fingerprint density at radius 2 is 2.38 bits per heavy atom. The summed E-state index contributed by atoms with van der Waals surface area (Å²) in [5.41, 5.74) is 0.556. The smallest absolute Gasteiger partial charge is 0.167 e. The van der Waals surface area contributed by atoms with Crippen LogP contribution in [0.3, 0.4) is 0 Å². The molecule has 0 fully saturated rings. The number of nitrogens with zero attached hydrogens (tertiary/aromatic N) is 1. The van der Waals surface area contributed by atoms with Gasteiger partial charge in [0.05, 0.1) is 0 Å². The van der Waals surface area contributed by atoms with Crippen LogP contribution in [0.1, 0.15) is 45.4 Å². The van der Waals surface area contributed by atoms with Gasteiger partial charge in [-0.1, -0.05) is 31.3 Å². The van der Waals surface area contributed by atoms with Gasteiger partial charge in [-0.25, -0.2) is 0 Å². The van der Waals surface area contributed by atoms with Gasteiger partial charge in [0.15, 0.2) is 6.29 Å². The van der Waals surface area contributed by atoms with Gasteiger partial charge in [-0.2, -0.15) is 0 Å². The van der Waals surface area contributed by atoms with Gasteiger partial charge in [-0.3, -0.25) is 4.79 Å². The largest absolute Gasteiger partial charge is 0.392 e. The van der Waals surface area contributed by atoms with E-state index in [1.165, 1.54) is 25.7 Å². The van der Waals surface area contributed by atoms with Crippen LogP contribution in [-0.2, 0) is 9.63 Å². The van der Waals surface area contributed by atoms with E-state index in [0.717, 1.165) is 12.7 Å². The highest BCUT2D eigenvalue weighted by Gasteiger charge is 2.19. The molecule has 1 atom stereocenters. The molecule has 0 amide bonds. The van der Waals surface area contributed by atoms with E-state index in [4.69, 9.17) is 4.84 Å². The molecule has 0 aromatic rings. The maximum absolute atomic E-state index is 10.3. The van der Waals surface area contributed by atoms with Gasteiger partial charge >= 0.3 is 0 Å². The standard InChI is InChI=1S/C10H17NO2/c1-2-3-4-5-6-10-7-9(8-12)11-13-10/h8,10H,2-7H2,1H3. The topological polar surface area (TPSA) is 38.7 Å². The second-order valence-electron chi connectivity index (χ2n) is 3.48. The molecule has 13 heavy (non-hydrogen) atoms. The van der Waals surface area contributed by atoms with Crippen molar-refractivity contribution in [2.24, 2.45) is 5.16 Å². The molecule has 1 rings (SSSR count). The summed E-state index contributed by atoms with van der Waals surface area (Å²) in [5, 5.41) is 3.68. The first-order chi connectivity index (χ1) is 6.36. The van der Waals surface area contributed by atoms with Crippen molar-refractivity contribution in [1.82, 2.24) is 0 Å². The molecule has 3 heteroatoms. The van der Waals surface area contributed by atoms with Crippen molar-refractivity contribution in [3.8, 4) is 0 Å². The number of hydrogen-bond acceptors (Lipinski definition) is 3. The summed E-state index contributed by atoms with van der Waals surface area (Å²) in [5.74, 6) is 0. The number of carbonyl (C=O) groups is 1. The predicted octanol–water partition coefficient (Wildman–Crippen LogP) is 2.30. The highest BCUT2D eigenvalue weighted by Crippen LogP contribution is 2.16. The molecule has 1 unspecified atom stereocenters. The minimum Gasteiger partial charge on any atom is -0.392 e. The fraction of sp³-hybridized carbons (Fsp3) is 0.800. The van der Waals surface area contributed by atoms with E-state index >= 15 is 0 Å². The van der Waals surface area contributed by atoms with Crippen molar-refractivity contribution in [3.05, 3.63) is 0 Å². The van der Waals surface area contributed by atoms with Gasteiger partial charge in [0.1, 0.15) is 11.8 Å². The number of aldehydes is 1. The zero-order valence-electron chi connectivity index (χ0n) is 8.16. The maximum atomic E-state index is 10.3. The lowest BCUT2D eigenvalue weighted by atomic mass is 10.1. The molecule has 1 heterocycles. The number of hydrogen-bond donors (Lipinski definition) is 0. The van der Waals surface area contributed by atoms with E-state index in [0.29, 0.717) is 12.1 Å². The fourth-order valence-corrected chi connectivity index (χ4v) is 1.47. The molecule has 3 nitrogen and oxygen atoms in total. The normalized spacial score (nSPS) is 21.0. The molecule has 0 saturated carbocycles. The second-order valence-corrected chi connectivity index (χ2v) is 3.48. The average molecular weight is 183 g/mol. The summed E-state index contributed by atoms with van der Waals surface area (Å²) >= 11 is 0. The summed E-state index contributed by atoms with van der Waals surface area (Å²) < 4.78 is 0. The van der Waals surface area contributed by atoms with E-state index in [9.17, 15) is 4.79 Å². The minimum atomic E-state index is 0.164. The summed E-state index contributed by atoms with van der Waals surface area (Å²) in [6.07, 6.45) is 7.66. The van der Waals surface area contributed by atoms with E-state index in [1.807, 2.05) is 0 Å². The molecule has 0 radical (unpaired) electrons. The average Bonchev–Trinajstić information content (AvgIpc) is 2.60. The number of unbranched alkanes of at least 4 members (excludes halogenated alkanes) is 3. The Hall–Kier alpha value is -0.860. The van der Waals surface area contributed by atoms with E-state index in [1.54, 1.807) is 0 Å². The highest BCUT2D eigenvalue weighted by atomic mass is 16.6. The lowest BCUT2D eigenvalue weighted by molar-refractivity contribution is -0.102. The summed E-state index contributed by atoms with van der Waals surface area (Å²) in [6, 6.07) is 0. The van der Waals surface area contributed by atoms with Crippen LogP contribution in [0, 0.1) is 0 Å². The van der Waals surface area contributed by atoms with Crippen LogP contribution >= 0.6 is 0 Å². The second kappa shape index (κ2) is 5.73. The maximum Gasteiger partial charge on any atom is 0.167 e. The Kier molecular flexibility index (Phi) is 4.50. The van der Waals surface area contributed by atoms with Crippen LogP contribution in [0.2, 0.25) is 0 Å². The molecule has 0 spiro atoms. The van der Waals surface area contributed by atoms with Crippen LogP contribution in [-0.4, -0.2) is 18.1 Å². The Morgan fingerprint density at radius 1 is 1.54 bits per heavy atom. The third-order valence-electron chi connectivity index (χ3n) is 2.27. The van der Waals surface area contributed by atoms with Crippen molar-refractivity contribution < 1.29 is 9.63 Å². The zero-order valence-corrected chi connectivity index (χ0v) is 8.16. The number of carbonyl (C=O) groups excluding carboxylic acids is 1. The third kappa shape index (κ3) is 3.57. The van der Waals surface area contributed by atoms with Crippen LogP contribution < -0.4 is 0 Å². The van der Waals surface area contributed by atoms with Gasteiger partial charge in [0.2, 0.25) is 0 Å². The third-order valence-corrected chi connectivity index (χ3v) is 2.27. The van der Waals surface area contributed by atoms with Gasteiger partial charge < -0.3 is 4.84 Å². The molecule has 0 saturated heterocycles. The fourth-order valence-electron chi connectivity index (χ4n) is 1.47. The van der Waals surface area contributed by atoms with E-state index < -0.39 is 0 Å². The monoisotopic (exact) mass is 183 g/mol. The van der Waals surface area contributed by atoms with Gasteiger partial charge in [-0.05, 0) is 12.8 Å². The van der Waals surface area contributed by atoms with Crippen molar-refractivity contribution in [2.45, 2.75) is 51.6 Å². The molecule has 0 N–H and O–H groups in total. The highest BCUT2D eigenvalue weighted by molar-refractivity contribution is 6.28. The Morgan fingerprint density at radius 3 is 3.00 bits per heavy atom. The molecule has 0 aromatic carbocycles. The first kappa shape index (κ1) is 10.2. The Bertz CT molecular complexity index is 189. The van der Waals surface area contributed by atoms with Crippen molar-refractivity contribution in [2.75, 3.05) is 0 Å². The van der Waals surface area contributed by atoms with Crippen molar-refractivity contribution >= 4 is 12.0 Å². The molecule has 74 valence electrons. The first-order valence-electron chi connectivity index (χ1n) is 5.04. The van der Waals surface area contributed by atoms with Crippen molar-refractivity contribution in [1.29, 1.82) is 0 Å². The lowest BCUT2D eigenvalue weighted by Crippen LogP contribution is -2.07. The lowest BCUT2D eigenvalue weighted by Gasteiger charge is -2.06. The first-order valence-corrected chi connectivity index (χ1v) is 5.04. The Balaban J connectivity index is 2.03. The minimum absolute atomic E-state index is 0.164. The molecular formula is C10H17NO2. The number of rotatable bonds is 6. The van der Waals surface area contributed by atoms with Crippen LogP contribution in [0.4, 0.5) is 0 Å². The van der Waals surface area contributed by atoms with Gasteiger partial charge in [0.25, 0.3) is 0 Å².